The van der Waals surface area contributed by atoms with Crippen molar-refractivity contribution in [3.05, 3.63) is 82.2 Å². The maximum atomic E-state index is 12.2. The van der Waals surface area contributed by atoms with E-state index in [0.717, 1.165) is 23.4 Å². The lowest BCUT2D eigenvalue weighted by atomic mass is 10.1. The zero-order valence-corrected chi connectivity index (χ0v) is 13.0. The predicted octanol–water partition coefficient (Wildman–Crippen LogP) is 2.42. The quantitative estimate of drug-likeness (QED) is 0.548. The third kappa shape index (κ3) is 3.47. The summed E-state index contributed by atoms with van der Waals surface area (Å²) in [5.74, 6) is -0.991. The Labute approximate surface area is 142 Å². The standard InChI is InChI=1S/C17H14N4O4/c22-16-10-12(6-7-15(16)21(24)25)17(23)18-11-13-4-1-2-5-14(13)20-9-3-8-19-20/h1-10,22H,11H2,(H,18,23). The summed E-state index contributed by atoms with van der Waals surface area (Å²) in [4.78, 5) is 22.2. The van der Waals surface area contributed by atoms with Crippen molar-refractivity contribution in [1.29, 1.82) is 0 Å². The Morgan fingerprint density at radius 1 is 1.24 bits per heavy atom. The van der Waals surface area contributed by atoms with Crippen molar-refractivity contribution in [3.8, 4) is 11.4 Å². The van der Waals surface area contributed by atoms with E-state index < -0.39 is 22.3 Å². The molecule has 8 nitrogen and oxygen atoms in total. The second-order valence-corrected chi connectivity index (χ2v) is 5.22. The fourth-order valence-electron chi connectivity index (χ4n) is 2.39. The Morgan fingerprint density at radius 3 is 2.72 bits per heavy atom. The first kappa shape index (κ1) is 16.2. The van der Waals surface area contributed by atoms with Crippen LogP contribution in [0.3, 0.4) is 0 Å². The van der Waals surface area contributed by atoms with Gasteiger partial charge in [-0.05, 0) is 29.8 Å². The molecule has 0 aliphatic rings. The molecular weight excluding hydrogens is 324 g/mol. The molecule has 0 aliphatic carbocycles. The second kappa shape index (κ2) is 6.83. The van der Waals surface area contributed by atoms with Gasteiger partial charge in [-0.15, -0.1) is 0 Å². The smallest absolute Gasteiger partial charge is 0.310 e. The Balaban J connectivity index is 1.75. The summed E-state index contributed by atoms with van der Waals surface area (Å²) in [5, 5.41) is 27.2. The summed E-state index contributed by atoms with van der Waals surface area (Å²) < 4.78 is 1.69. The second-order valence-electron chi connectivity index (χ2n) is 5.22. The molecule has 1 heterocycles. The van der Waals surface area contributed by atoms with E-state index >= 15 is 0 Å². The molecular formula is C17H14N4O4. The number of carbonyl (C=O) groups excluding carboxylic acids is 1. The number of para-hydroxylation sites is 1. The number of hydrogen-bond donors (Lipinski definition) is 2. The van der Waals surface area contributed by atoms with Crippen LogP contribution in [0.25, 0.3) is 5.69 Å². The number of nitrogens with one attached hydrogen (secondary N) is 1. The Bertz CT molecular complexity index is 922. The van der Waals surface area contributed by atoms with Crippen molar-refractivity contribution >= 4 is 11.6 Å². The summed E-state index contributed by atoms with van der Waals surface area (Å²) in [6.07, 6.45) is 3.46. The molecule has 8 heteroatoms. The molecule has 0 saturated heterocycles. The summed E-state index contributed by atoms with van der Waals surface area (Å²) in [6, 6.07) is 12.7. The zero-order chi connectivity index (χ0) is 17.8. The van der Waals surface area contributed by atoms with E-state index in [4.69, 9.17) is 0 Å². The van der Waals surface area contributed by atoms with Gasteiger partial charge in [0.15, 0.2) is 5.75 Å². The van der Waals surface area contributed by atoms with Gasteiger partial charge in [0, 0.05) is 30.6 Å². The molecule has 1 aromatic heterocycles. The minimum Gasteiger partial charge on any atom is -0.502 e. The van der Waals surface area contributed by atoms with Gasteiger partial charge in [0.1, 0.15) is 0 Å². The molecule has 0 bridgehead atoms. The van der Waals surface area contributed by atoms with E-state index in [2.05, 4.69) is 10.4 Å². The molecule has 0 atom stereocenters. The summed E-state index contributed by atoms with van der Waals surface area (Å²) in [7, 11) is 0. The molecule has 0 saturated carbocycles. The van der Waals surface area contributed by atoms with Crippen LogP contribution in [0.5, 0.6) is 5.75 Å². The fraction of sp³-hybridized carbons (Fsp3) is 0.0588. The monoisotopic (exact) mass is 338 g/mol. The number of hydrogen-bond acceptors (Lipinski definition) is 5. The van der Waals surface area contributed by atoms with E-state index in [1.54, 1.807) is 23.1 Å². The average Bonchev–Trinajstić information content (AvgIpc) is 3.14. The van der Waals surface area contributed by atoms with Crippen molar-refractivity contribution in [2.24, 2.45) is 0 Å². The highest BCUT2D eigenvalue weighted by Gasteiger charge is 2.16. The molecule has 0 fully saturated rings. The fourth-order valence-corrected chi connectivity index (χ4v) is 2.39. The number of nitrogens with zero attached hydrogens (tertiary/aromatic N) is 3. The molecule has 126 valence electrons. The molecule has 3 aromatic rings. The van der Waals surface area contributed by atoms with Gasteiger partial charge < -0.3 is 10.4 Å². The van der Waals surface area contributed by atoms with Crippen molar-refractivity contribution < 1.29 is 14.8 Å². The van der Waals surface area contributed by atoms with Gasteiger partial charge in [0.25, 0.3) is 5.91 Å². The van der Waals surface area contributed by atoms with Crippen LogP contribution in [-0.2, 0) is 6.54 Å². The molecule has 0 aliphatic heterocycles. The number of nitro groups is 1. The van der Waals surface area contributed by atoms with Crippen LogP contribution >= 0.6 is 0 Å². The molecule has 3 rings (SSSR count). The molecule has 2 N–H and O–H groups in total. The molecule has 1 amide bonds. The summed E-state index contributed by atoms with van der Waals surface area (Å²) in [5.41, 5.74) is 1.38. The highest BCUT2D eigenvalue weighted by atomic mass is 16.6. The molecule has 0 radical (unpaired) electrons. The normalized spacial score (nSPS) is 10.4. The minimum atomic E-state index is -0.711. The van der Waals surface area contributed by atoms with E-state index in [1.807, 2.05) is 24.3 Å². The summed E-state index contributed by atoms with van der Waals surface area (Å²) in [6.45, 7) is 0.243. The largest absolute Gasteiger partial charge is 0.502 e. The molecule has 0 unspecified atom stereocenters. The van der Waals surface area contributed by atoms with Gasteiger partial charge in [-0.1, -0.05) is 18.2 Å². The number of carbonyl (C=O) groups is 1. The SMILES string of the molecule is O=C(NCc1ccccc1-n1cccn1)c1ccc([N+](=O)[O-])c(O)c1. The van der Waals surface area contributed by atoms with Crippen molar-refractivity contribution in [2.75, 3.05) is 0 Å². The van der Waals surface area contributed by atoms with Crippen LogP contribution in [0.2, 0.25) is 0 Å². The Morgan fingerprint density at radius 2 is 2.04 bits per heavy atom. The topological polar surface area (TPSA) is 110 Å². The number of amides is 1. The van der Waals surface area contributed by atoms with Gasteiger partial charge in [-0.3, -0.25) is 14.9 Å². The van der Waals surface area contributed by atoms with Crippen LogP contribution in [0.4, 0.5) is 5.69 Å². The van der Waals surface area contributed by atoms with Gasteiger partial charge >= 0.3 is 5.69 Å². The lowest BCUT2D eigenvalue weighted by Crippen LogP contribution is -2.23. The zero-order valence-electron chi connectivity index (χ0n) is 13.0. The first-order valence-corrected chi connectivity index (χ1v) is 7.40. The number of benzene rings is 2. The van der Waals surface area contributed by atoms with Gasteiger partial charge in [0.05, 0.1) is 10.6 Å². The minimum absolute atomic E-state index is 0.139. The van der Waals surface area contributed by atoms with Crippen LogP contribution in [-0.4, -0.2) is 25.7 Å². The number of aromatic hydroxyl groups is 1. The summed E-state index contributed by atoms with van der Waals surface area (Å²) >= 11 is 0. The first-order chi connectivity index (χ1) is 12.1. The van der Waals surface area contributed by atoms with Crippen molar-refractivity contribution in [1.82, 2.24) is 15.1 Å². The van der Waals surface area contributed by atoms with E-state index in [0.29, 0.717) is 0 Å². The average molecular weight is 338 g/mol. The van der Waals surface area contributed by atoms with E-state index in [1.165, 1.54) is 6.07 Å². The Hall–Kier alpha value is -3.68. The van der Waals surface area contributed by atoms with Crippen molar-refractivity contribution in [3.63, 3.8) is 0 Å². The van der Waals surface area contributed by atoms with E-state index in [9.17, 15) is 20.0 Å². The number of aromatic nitrogens is 2. The Kier molecular flexibility index (Phi) is 4.42. The van der Waals surface area contributed by atoms with Crippen LogP contribution in [0.1, 0.15) is 15.9 Å². The van der Waals surface area contributed by atoms with Crippen LogP contribution in [0.15, 0.2) is 60.9 Å². The van der Waals surface area contributed by atoms with E-state index in [-0.39, 0.29) is 12.1 Å². The molecule has 2 aromatic carbocycles. The molecule has 0 spiro atoms. The van der Waals surface area contributed by atoms with Crippen molar-refractivity contribution in [2.45, 2.75) is 6.54 Å². The third-order valence-corrected chi connectivity index (χ3v) is 3.62. The van der Waals surface area contributed by atoms with Crippen LogP contribution < -0.4 is 5.32 Å². The lowest BCUT2D eigenvalue weighted by Gasteiger charge is -2.11. The highest BCUT2D eigenvalue weighted by molar-refractivity contribution is 5.95. The maximum Gasteiger partial charge on any atom is 0.310 e. The highest BCUT2D eigenvalue weighted by Crippen LogP contribution is 2.26. The van der Waals surface area contributed by atoms with Gasteiger partial charge in [0.2, 0.25) is 0 Å². The maximum absolute atomic E-state index is 12.2. The van der Waals surface area contributed by atoms with Gasteiger partial charge in [-0.25, -0.2) is 4.68 Å². The van der Waals surface area contributed by atoms with Crippen LogP contribution in [0, 0.1) is 10.1 Å². The lowest BCUT2D eigenvalue weighted by molar-refractivity contribution is -0.385. The first-order valence-electron chi connectivity index (χ1n) is 7.40. The third-order valence-electron chi connectivity index (χ3n) is 3.62. The predicted molar refractivity (Wildman–Crippen MR) is 89.5 cm³/mol. The number of rotatable bonds is 5. The molecule has 25 heavy (non-hydrogen) atoms. The number of nitro benzene ring substituents is 1. The number of phenolic OH excluding ortho intramolecular Hbond substituents is 1. The number of phenols is 1. The van der Waals surface area contributed by atoms with Gasteiger partial charge in [-0.2, -0.15) is 5.10 Å².